The number of hydrogen-bond donors (Lipinski definition) is 1. The van der Waals surface area contributed by atoms with Crippen LogP contribution >= 0.6 is 15.9 Å². The molecule has 0 aliphatic rings. The zero-order chi connectivity index (χ0) is 15.2. The number of halogens is 1. The molecule has 0 bridgehead atoms. The van der Waals surface area contributed by atoms with Crippen molar-refractivity contribution in [1.29, 1.82) is 0 Å². The van der Waals surface area contributed by atoms with E-state index in [1.165, 1.54) is 0 Å². The third-order valence-corrected chi connectivity index (χ3v) is 2.83. The van der Waals surface area contributed by atoms with E-state index in [2.05, 4.69) is 33.1 Å². The average Bonchev–Trinajstić information content (AvgIpc) is 2.30. The normalized spacial score (nSPS) is 10.4. The predicted octanol–water partition coefficient (Wildman–Crippen LogP) is 4.02. The Morgan fingerprint density at radius 1 is 1.40 bits per heavy atom. The van der Waals surface area contributed by atoms with Crippen molar-refractivity contribution < 1.29 is 9.53 Å². The summed E-state index contributed by atoms with van der Waals surface area (Å²) in [6, 6.07) is 6.00. The van der Waals surface area contributed by atoms with Gasteiger partial charge in [-0.25, -0.2) is 4.79 Å². The first-order valence-electron chi connectivity index (χ1n) is 6.50. The highest BCUT2D eigenvalue weighted by molar-refractivity contribution is 9.10. The largest absolute Gasteiger partial charge is 0.444 e. The molecule has 1 aromatic carbocycles. The number of aryl methyl sites for hydroxylation is 1. The van der Waals surface area contributed by atoms with Crippen molar-refractivity contribution in [1.82, 2.24) is 5.32 Å². The van der Waals surface area contributed by atoms with Gasteiger partial charge in [0, 0.05) is 23.0 Å². The highest BCUT2D eigenvalue weighted by Crippen LogP contribution is 2.14. The Balaban J connectivity index is 2.40. The van der Waals surface area contributed by atoms with Crippen LogP contribution in [0.4, 0.5) is 4.79 Å². The van der Waals surface area contributed by atoms with Crippen molar-refractivity contribution in [2.24, 2.45) is 0 Å². The van der Waals surface area contributed by atoms with Crippen LogP contribution < -0.4 is 5.32 Å². The molecule has 0 saturated carbocycles. The van der Waals surface area contributed by atoms with Gasteiger partial charge in [0.05, 0.1) is 0 Å². The number of benzene rings is 1. The minimum atomic E-state index is -0.469. The zero-order valence-corrected chi connectivity index (χ0v) is 13.9. The first kappa shape index (κ1) is 16.6. The van der Waals surface area contributed by atoms with Crippen molar-refractivity contribution in [3.8, 4) is 11.8 Å². The minimum absolute atomic E-state index is 0.405. The molecule has 1 amide bonds. The third kappa shape index (κ3) is 6.63. The highest BCUT2D eigenvalue weighted by Gasteiger charge is 2.15. The van der Waals surface area contributed by atoms with Gasteiger partial charge in [-0.2, -0.15) is 0 Å². The number of alkyl carbamates (subject to hydrolysis) is 1. The molecule has 0 saturated heterocycles. The van der Waals surface area contributed by atoms with Gasteiger partial charge < -0.3 is 10.1 Å². The van der Waals surface area contributed by atoms with Gasteiger partial charge in [0.1, 0.15) is 5.60 Å². The Labute approximate surface area is 129 Å². The van der Waals surface area contributed by atoms with E-state index in [0.29, 0.717) is 13.0 Å². The van der Waals surface area contributed by atoms with Gasteiger partial charge in [-0.1, -0.05) is 33.8 Å². The molecule has 0 aromatic heterocycles. The summed E-state index contributed by atoms with van der Waals surface area (Å²) in [7, 11) is 0. The lowest BCUT2D eigenvalue weighted by molar-refractivity contribution is 0.0529. The number of ether oxygens (including phenoxy) is 1. The van der Waals surface area contributed by atoms with Crippen LogP contribution in [-0.4, -0.2) is 18.2 Å². The number of hydrogen-bond acceptors (Lipinski definition) is 2. The van der Waals surface area contributed by atoms with E-state index < -0.39 is 11.7 Å². The Morgan fingerprint density at radius 3 is 2.75 bits per heavy atom. The molecule has 3 nitrogen and oxygen atoms in total. The van der Waals surface area contributed by atoms with Crippen molar-refractivity contribution in [3.63, 3.8) is 0 Å². The van der Waals surface area contributed by atoms with Gasteiger partial charge >= 0.3 is 6.09 Å². The van der Waals surface area contributed by atoms with E-state index in [9.17, 15) is 4.79 Å². The molecule has 1 aromatic rings. The van der Waals surface area contributed by atoms with Crippen molar-refractivity contribution in [2.45, 2.75) is 39.7 Å². The summed E-state index contributed by atoms with van der Waals surface area (Å²) in [4.78, 5) is 11.4. The second kappa shape index (κ2) is 7.35. The molecule has 0 heterocycles. The van der Waals surface area contributed by atoms with Gasteiger partial charge in [0.25, 0.3) is 0 Å². The molecule has 0 aliphatic heterocycles. The van der Waals surface area contributed by atoms with E-state index >= 15 is 0 Å². The standard InChI is InChI=1S/C16H20BrNO2/c1-12-8-9-14(17)11-13(12)7-5-6-10-18-15(19)20-16(2,3)4/h8-9,11H,6,10H2,1-4H3,(H,18,19). The minimum Gasteiger partial charge on any atom is -0.444 e. The summed E-state index contributed by atoms with van der Waals surface area (Å²) in [5.41, 5.74) is 1.67. The lowest BCUT2D eigenvalue weighted by atomic mass is 10.1. The van der Waals surface area contributed by atoms with Crippen molar-refractivity contribution >= 4 is 22.0 Å². The van der Waals surface area contributed by atoms with Crippen LogP contribution in [0.1, 0.15) is 38.3 Å². The van der Waals surface area contributed by atoms with Gasteiger partial charge in [-0.3, -0.25) is 0 Å². The summed E-state index contributed by atoms with van der Waals surface area (Å²) < 4.78 is 6.15. The van der Waals surface area contributed by atoms with E-state index in [0.717, 1.165) is 15.6 Å². The van der Waals surface area contributed by atoms with E-state index in [4.69, 9.17) is 4.74 Å². The molecule has 0 fully saturated rings. The molecule has 0 unspecified atom stereocenters. The van der Waals surface area contributed by atoms with E-state index in [1.807, 2.05) is 45.9 Å². The average molecular weight is 338 g/mol. The number of rotatable bonds is 2. The van der Waals surface area contributed by atoms with Crippen molar-refractivity contribution in [3.05, 3.63) is 33.8 Å². The second-order valence-electron chi connectivity index (χ2n) is 5.44. The number of carbonyl (C=O) groups is 1. The first-order chi connectivity index (χ1) is 9.28. The van der Waals surface area contributed by atoms with Gasteiger partial charge in [0.2, 0.25) is 0 Å². The third-order valence-electron chi connectivity index (χ3n) is 2.34. The number of nitrogens with one attached hydrogen (secondary N) is 1. The summed E-state index contributed by atoms with van der Waals surface area (Å²) in [6.45, 7) is 8.01. The van der Waals surface area contributed by atoms with Crippen LogP contribution in [0.2, 0.25) is 0 Å². The summed E-state index contributed by atoms with van der Waals surface area (Å²) in [5, 5.41) is 2.68. The molecular formula is C16H20BrNO2. The van der Waals surface area contributed by atoms with Crippen LogP contribution in [0.25, 0.3) is 0 Å². The lowest BCUT2D eigenvalue weighted by Crippen LogP contribution is -2.32. The molecule has 20 heavy (non-hydrogen) atoms. The first-order valence-corrected chi connectivity index (χ1v) is 7.29. The molecule has 0 atom stereocenters. The van der Waals surface area contributed by atoms with Crippen LogP contribution in [0.15, 0.2) is 22.7 Å². The van der Waals surface area contributed by atoms with Crippen LogP contribution in [0.5, 0.6) is 0 Å². The van der Waals surface area contributed by atoms with E-state index in [1.54, 1.807) is 0 Å². The second-order valence-corrected chi connectivity index (χ2v) is 6.36. The Bertz CT molecular complexity index is 536. The van der Waals surface area contributed by atoms with Crippen LogP contribution in [0, 0.1) is 18.8 Å². The molecular weight excluding hydrogens is 318 g/mol. The van der Waals surface area contributed by atoms with Gasteiger partial charge in [-0.05, 0) is 45.4 Å². The Kier molecular flexibility index (Phi) is 6.09. The maximum atomic E-state index is 11.4. The van der Waals surface area contributed by atoms with E-state index in [-0.39, 0.29) is 0 Å². The monoisotopic (exact) mass is 337 g/mol. The summed E-state index contributed by atoms with van der Waals surface area (Å²) in [5.74, 6) is 6.15. The molecule has 1 N–H and O–H groups in total. The summed E-state index contributed by atoms with van der Waals surface area (Å²) in [6.07, 6.45) is 0.184. The fraction of sp³-hybridized carbons (Fsp3) is 0.438. The smallest absolute Gasteiger partial charge is 0.407 e. The van der Waals surface area contributed by atoms with Crippen LogP contribution in [-0.2, 0) is 4.74 Å². The Morgan fingerprint density at radius 2 is 2.10 bits per heavy atom. The molecule has 1 rings (SSSR count). The molecule has 0 aliphatic carbocycles. The number of carbonyl (C=O) groups excluding carboxylic acids is 1. The maximum Gasteiger partial charge on any atom is 0.407 e. The van der Waals surface area contributed by atoms with Crippen LogP contribution in [0.3, 0.4) is 0 Å². The van der Waals surface area contributed by atoms with Crippen molar-refractivity contribution in [2.75, 3.05) is 6.54 Å². The Hall–Kier alpha value is -1.47. The van der Waals surface area contributed by atoms with Gasteiger partial charge in [0.15, 0.2) is 0 Å². The highest BCUT2D eigenvalue weighted by atomic mass is 79.9. The number of amides is 1. The summed E-state index contributed by atoms with van der Waals surface area (Å²) >= 11 is 3.42. The zero-order valence-electron chi connectivity index (χ0n) is 12.3. The molecule has 108 valence electrons. The molecule has 0 radical (unpaired) electrons. The quantitative estimate of drug-likeness (QED) is 0.653. The SMILES string of the molecule is Cc1ccc(Br)cc1C#CCCNC(=O)OC(C)(C)C. The predicted molar refractivity (Wildman–Crippen MR) is 84.6 cm³/mol. The fourth-order valence-electron chi connectivity index (χ4n) is 1.43. The topological polar surface area (TPSA) is 38.3 Å². The van der Waals surface area contributed by atoms with Gasteiger partial charge in [-0.15, -0.1) is 0 Å². The maximum absolute atomic E-state index is 11.4. The molecule has 4 heteroatoms. The molecule has 0 spiro atoms. The lowest BCUT2D eigenvalue weighted by Gasteiger charge is -2.19. The fourth-order valence-corrected chi connectivity index (χ4v) is 1.79.